The van der Waals surface area contributed by atoms with Crippen molar-refractivity contribution in [3.05, 3.63) is 0 Å². The third kappa shape index (κ3) is 1.68. The first-order valence-electron chi connectivity index (χ1n) is 3.69. The van der Waals surface area contributed by atoms with Crippen molar-refractivity contribution in [1.29, 1.82) is 0 Å². The van der Waals surface area contributed by atoms with Crippen LogP contribution in [-0.4, -0.2) is 60.2 Å². The highest BCUT2D eigenvalue weighted by Crippen LogP contribution is 2.44. The van der Waals surface area contributed by atoms with E-state index in [1.54, 1.807) is 0 Å². The molecule has 6 nitrogen and oxygen atoms in total. The highest BCUT2D eigenvalue weighted by molar-refractivity contribution is 9.10. The standard InChI is InChI=1S/C6H10BrClO6/c7-5(1-9)6(8,13)3(11)2(10)4(12)14-5/h2-4,9-13H,1H2/t2-,3+,4+,5-,6-/m1/s1. The summed E-state index contributed by atoms with van der Waals surface area (Å²) in [5, 5.41) is 43.6. The monoisotopic (exact) mass is 292 g/mol. The Balaban J connectivity index is 3.01. The van der Waals surface area contributed by atoms with Gasteiger partial charge in [0.25, 0.3) is 0 Å². The zero-order valence-corrected chi connectivity index (χ0v) is 9.18. The summed E-state index contributed by atoms with van der Waals surface area (Å²) >= 11 is 8.23. The molecule has 0 aromatic heterocycles. The van der Waals surface area contributed by atoms with E-state index in [0.717, 1.165) is 0 Å². The van der Waals surface area contributed by atoms with E-state index in [1.807, 2.05) is 0 Å². The van der Waals surface area contributed by atoms with Crippen LogP contribution >= 0.6 is 27.5 Å². The molecule has 0 amide bonds. The second kappa shape index (κ2) is 3.84. The Kier molecular flexibility index (Phi) is 3.45. The minimum Gasteiger partial charge on any atom is -0.392 e. The fraction of sp³-hybridized carbons (Fsp3) is 1.00. The van der Waals surface area contributed by atoms with Crippen molar-refractivity contribution in [1.82, 2.24) is 0 Å². The average Bonchev–Trinajstić information content (AvgIpc) is 2.12. The molecule has 5 atom stereocenters. The quantitative estimate of drug-likeness (QED) is 0.360. The summed E-state index contributed by atoms with van der Waals surface area (Å²) in [6.07, 6.45) is -5.37. The van der Waals surface area contributed by atoms with E-state index in [-0.39, 0.29) is 0 Å². The molecule has 1 rings (SSSR count). The predicted molar refractivity (Wildman–Crippen MR) is 48.7 cm³/mol. The second-order valence-electron chi connectivity index (χ2n) is 3.00. The molecule has 14 heavy (non-hydrogen) atoms. The van der Waals surface area contributed by atoms with Crippen LogP contribution in [0.5, 0.6) is 0 Å². The van der Waals surface area contributed by atoms with Gasteiger partial charge in [0.05, 0.1) is 6.61 Å². The van der Waals surface area contributed by atoms with Crippen LogP contribution in [0.2, 0.25) is 0 Å². The molecule has 1 aliphatic heterocycles. The Morgan fingerprint density at radius 2 is 1.86 bits per heavy atom. The normalized spacial score (nSPS) is 54.6. The third-order valence-electron chi connectivity index (χ3n) is 2.04. The highest BCUT2D eigenvalue weighted by Gasteiger charge is 2.62. The van der Waals surface area contributed by atoms with Gasteiger partial charge in [0.1, 0.15) is 12.2 Å². The number of ether oxygens (including phenoxy) is 1. The molecule has 0 aromatic rings. The van der Waals surface area contributed by atoms with Crippen molar-refractivity contribution >= 4 is 27.5 Å². The van der Waals surface area contributed by atoms with Gasteiger partial charge in [-0.2, -0.15) is 0 Å². The maximum Gasteiger partial charge on any atom is 0.209 e. The third-order valence-corrected chi connectivity index (χ3v) is 3.84. The summed E-state index contributed by atoms with van der Waals surface area (Å²) in [7, 11) is 0. The first-order valence-corrected chi connectivity index (χ1v) is 4.86. The maximum absolute atomic E-state index is 9.56. The van der Waals surface area contributed by atoms with Gasteiger partial charge in [0, 0.05) is 0 Å². The molecule has 1 saturated heterocycles. The van der Waals surface area contributed by atoms with Crippen molar-refractivity contribution in [3.8, 4) is 0 Å². The van der Waals surface area contributed by atoms with Crippen molar-refractivity contribution in [2.75, 3.05) is 6.61 Å². The van der Waals surface area contributed by atoms with Crippen LogP contribution in [0.1, 0.15) is 0 Å². The molecule has 1 fully saturated rings. The molecule has 0 aliphatic carbocycles. The van der Waals surface area contributed by atoms with Crippen LogP contribution < -0.4 is 0 Å². The summed E-state index contributed by atoms with van der Waals surface area (Å²) in [5.74, 6) is 0. The van der Waals surface area contributed by atoms with Crippen LogP contribution in [0.3, 0.4) is 0 Å². The number of hydrogen-bond donors (Lipinski definition) is 5. The first-order chi connectivity index (χ1) is 6.26. The van der Waals surface area contributed by atoms with Crippen LogP contribution in [-0.2, 0) is 4.74 Å². The van der Waals surface area contributed by atoms with Gasteiger partial charge >= 0.3 is 0 Å². The Labute approximate surface area is 92.8 Å². The minimum atomic E-state index is -2.44. The number of rotatable bonds is 1. The fourth-order valence-corrected chi connectivity index (χ4v) is 1.75. The van der Waals surface area contributed by atoms with Gasteiger partial charge in [-0.1, -0.05) is 11.6 Å². The molecule has 8 heteroatoms. The van der Waals surface area contributed by atoms with Crippen molar-refractivity contribution in [2.24, 2.45) is 0 Å². The molecule has 0 spiro atoms. The lowest BCUT2D eigenvalue weighted by Crippen LogP contribution is -2.68. The van der Waals surface area contributed by atoms with Crippen molar-refractivity contribution in [2.45, 2.75) is 28.1 Å². The second-order valence-corrected chi connectivity index (χ2v) is 4.86. The molecule has 0 bridgehead atoms. The number of halogens is 2. The highest BCUT2D eigenvalue weighted by atomic mass is 79.9. The van der Waals surface area contributed by atoms with Crippen LogP contribution in [0, 0.1) is 0 Å². The molecule has 0 aromatic carbocycles. The Hall–Kier alpha value is 0.530. The summed E-state index contributed by atoms with van der Waals surface area (Å²) in [4.78, 5) is 0. The lowest BCUT2D eigenvalue weighted by molar-refractivity contribution is -0.308. The molecular formula is C6H10BrClO6. The predicted octanol–water partition coefficient (Wildman–Crippen LogP) is -1.93. The van der Waals surface area contributed by atoms with Crippen LogP contribution in [0.15, 0.2) is 0 Å². The zero-order chi connectivity index (χ0) is 11.1. The number of hydrogen-bond acceptors (Lipinski definition) is 6. The largest absolute Gasteiger partial charge is 0.392 e. The SMILES string of the molecule is OC[C@@]1(Br)O[C@H](O)[C@H](O)[C@H](O)[C@]1(O)Cl. The van der Waals surface area contributed by atoms with E-state index < -0.39 is 34.7 Å². The number of alkyl halides is 2. The smallest absolute Gasteiger partial charge is 0.209 e. The van der Waals surface area contributed by atoms with Gasteiger partial charge in [0.15, 0.2) is 10.8 Å². The minimum absolute atomic E-state index is 0.798. The van der Waals surface area contributed by atoms with Gasteiger partial charge < -0.3 is 30.3 Å². The Bertz CT molecular complexity index is 224. The molecule has 0 unspecified atom stereocenters. The summed E-state index contributed by atoms with van der Waals surface area (Å²) in [6, 6.07) is 0. The van der Waals surface area contributed by atoms with Crippen LogP contribution in [0.4, 0.5) is 0 Å². The Morgan fingerprint density at radius 1 is 1.36 bits per heavy atom. The first kappa shape index (κ1) is 12.6. The zero-order valence-electron chi connectivity index (χ0n) is 6.84. The molecule has 1 heterocycles. The molecule has 0 saturated carbocycles. The van der Waals surface area contributed by atoms with Crippen molar-refractivity contribution < 1.29 is 30.3 Å². The fourth-order valence-electron chi connectivity index (χ4n) is 1.09. The topological polar surface area (TPSA) is 110 Å². The van der Waals surface area contributed by atoms with Gasteiger partial charge in [0.2, 0.25) is 5.06 Å². The average molecular weight is 293 g/mol. The molecular weight excluding hydrogens is 283 g/mol. The number of aliphatic hydroxyl groups excluding tert-OH is 4. The molecule has 1 aliphatic rings. The van der Waals surface area contributed by atoms with Crippen molar-refractivity contribution in [3.63, 3.8) is 0 Å². The van der Waals surface area contributed by atoms with Crippen LogP contribution in [0.25, 0.3) is 0 Å². The van der Waals surface area contributed by atoms with Gasteiger partial charge in [-0.15, -0.1) is 0 Å². The molecule has 5 N–H and O–H groups in total. The number of aliphatic hydroxyl groups is 5. The summed E-state index contributed by atoms with van der Waals surface area (Å²) < 4.78 is 2.72. The molecule has 0 radical (unpaired) electrons. The van der Waals surface area contributed by atoms with Gasteiger partial charge in [-0.05, 0) is 15.9 Å². The van der Waals surface area contributed by atoms with E-state index in [9.17, 15) is 10.2 Å². The lowest BCUT2D eigenvalue weighted by Gasteiger charge is -2.47. The molecule has 84 valence electrons. The van der Waals surface area contributed by atoms with E-state index in [1.165, 1.54) is 0 Å². The van der Waals surface area contributed by atoms with E-state index in [0.29, 0.717) is 0 Å². The maximum atomic E-state index is 9.56. The van der Waals surface area contributed by atoms with E-state index in [4.69, 9.17) is 26.9 Å². The Morgan fingerprint density at radius 3 is 2.29 bits per heavy atom. The summed E-state index contributed by atoms with van der Waals surface area (Å²) in [5.41, 5.74) is 0. The van der Waals surface area contributed by atoms with Gasteiger partial charge in [-0.25, -0.2) is 0 Å². The van der Waals surface area contributed by atoms with Gasteiger partial charge in [-0.3, -0.25) is 0 Å². The summed E-state index contributed by atoms with van der Waals surface area (Å²) in [6.45, 7) is -0.798. The van der Waals surface area contributed by atoms with E-state index >= 15 is 0 Å². The lowest BCUT2D eigenvalue weighted by atomic mass is 9.98. The van der Waals surface area contributed by atoms with E-state index in [2.05, 4.69) is 20.7 Å².